The van der Waals surface area contributed by atoms with Gasteiger partial charge in [0.25, 0.3) is 5.56 Å². The van der Waals surface area contributed by atoms with Gasteiger partial charge in [-0.05, 0) is 25.7 Å². The molecule has 2 heterocycles. The summed E-state index contributed by atoms with van der Waals surface area (Å²) in [5.74, 6) is 0.870. The van der Waals surface area contributed by atoms with E-state index in [1.807, 2.05) is 0 Å². The summed E-state index contributed by atoms with van der Waals surface area (Å²) in [4.78, 5) is 22.3. The molecule has 1 aromatic heterocycles. The second-order valence-electron chi connectivity index (χ2n) is 5.44. The van der Waals surface area contributed by atoms with Crippen molar-refractivity contribution in [3.63, 3.8) is 0 Å². The van der Waals surface area contributed by atoms with Gasteiger partial charge < -0.3 is 10.3 Å². The summed E-state index contributed by atoms with van der Waals surface area (Å²) in [5, 5.41) is 3.36. The summed E-state index contributed by atoms with van der Waals surface area (Å²) in [6.07, 6.45) is 3.91. The van der Waals surface area contributed by atoms with Crippen LogP contribution in [0.15, 0.2) is 4.79 Å². The zero-order valence-corrected chi connectivity index (χ0v) is 11.5. The lowest BCUT2D eigenvalue weighted by molar-refractivity contribution is 0.162. The van der Waals surface area contributed by atoms with E-state index in [4.69, 9.17) is 4.98 Å². The van der Waals surface area contributed by atoms with Gasteiger partial charge in [-0.3, -0.25) is 9.69 Å². The van der Waals surface area contributed by atoms with Crippen LogP contribution in [0.2, 0.25) is 0 Å². The largest absolute Gasteiger partial charge is 0.314 e. The van der Waals surface area contributed by atoms with Crippen LogP contribution in [0, 0.1) is 0 Å². The molecular weight excluding hydrogens is 240 g/mol. The maximum absolute atomic E-state index is 12.1. The van der Waals surface area contributed by atoms with Gasteiger partial charge in [0.05, 0.1) is 11.7 Å². The summed E-state index contributed by atoms with van der Waals surface area (Å²) >= 11 is 0. The van der Waals surface area contributed by atoms with Gasteiger partial charge >= 0.3 is 0 Å². The van der Waals surface area contributed by atoms with Crippen LogP contribution >= 0.6 is 0 Å². The second-order valence-corrected chi connectivity index (χ2v) is 5.44. The van der Waals surface area contributed by atoms with Crippen molar-refractivity contribution in [2.24, 2.45) is 0 Å². The molecule has 1 aliphatic heterocycles. The third-order valence-corrected chi connectivity index (χ3v) is 4.25. The Morgan fingerprint density at radius 2 is 2.11 bits per heavy atom. The minimum absolute atomic E-state index is 0.0890. The number of rotatable bonds is 3. The average molecular weight is 262 g/mol. The van der Waals surface area contributed by atoms with Gasteiger partial charge in [-0.25, -0.2) is 4.98 Å². The van der Waals surface area contributed by atoms with Crippen molar-refractivity contribution in [3.05, 3.63) is 27.4 Å². The van der Waals surface area contributed by atoms with Crippen LogP contribution in [-0.4, -0.2) is 41.0 Å². The highest BCUT2D eigenvalue weighted by molar-refractivity contribution is 5.23. The Hall–Kier alpha value is -1.20. The lowest BCUT2D eigenvalue weighted by atomic mass is 10.1. The predicted octanol–water partition coefficient (Wildman–Crippen LogP) is 0.615. The molecule has 2 N–H and O–H groups in total. The standard InChI is InChI=1S/C14H22N4O/c1-2-12(18-8-6-15-7-9-18)13-16-11-5-3-4-10(11)14(19)17-13/h12,15H,2-9H2,1H3,(H,16,17,19). The van der Waals surface area contributed by atoms with E-state index in [1.165, 1.54) is 0 Å². The van der Waals surface area contributed by atoms with Crippen LogP contribution < -0.4 is 10.9 Å². The molecule has 0 spiro atoms. The van der Waals surface area contributed by atoms with E-state index in [1.54, 1.807) is 0 Å². The number of piperazine rings is 1. The zero-order valence-electron chi connectivity index (χ0n) is 11.5. The highest BCUT2D eigenvalue weighted by Crippen LogP contribution is 2.23. The highest BCUT2D eigenvalue weighted by atomic mass is 16.1. The summed E-state index contributed by atoms with van der Waals surface area (Å²) in [6, 6.07) is 0.251. The van der Waals surface area contributed by atoms with E-state index in [-0.39, 0.29) is 11.6 Å². The number of fused-ring (bicyclic) bond motifs is 1. The summed E-state index contributed by atoms with van der Waals surface area (Å²) in [5.41, 5.74) is 2.04. The van der Waals surface area contributed by atoms with Crippen LogP contribution in [-0.2, 0) is 12.8 Å². The predicted molar refractivity (Wildman–Crippen MR) is 74.4 cm³/mol. The summed E-state index contributed by atoms with van der Waals surface area (Å²) in [6.45, 7) is 6.26. The molecule has 1 aliphatic carbocycles. The molecule has 2 aliphatic rings. The summed E-state index contributed by atoms with van der Waals surface area (Å²) < 4.78 is 0. The van der Waals surface area contributed by atoms with E-state index in [9.17, 15) is 4.79 Å². The third-order valence-electron chi connectivity index (χ3n) is 4.25. The Balaban J connectivity index is 1.91. The molecule has 1 aromatic rings. The van der Waals surface area contributed by atoms with E-state index in [0.717, 1.165) is 68.9 Å². The SMILES string of the molecule is CCC(c1nc2c(c(=O)[nH]1)CCC2)N1CCNCC1. The van der Waals surface area contributed by atoms with E-state index in [0.29, 0.717) is 0 Å². The van der Waals surface area contributed by atoms with E-state index < -0.39 is 0 Å². The van der Waals surface area contributed by atoms with E-state index >= 15 is 0 Å². The normalized spacial score (nSPS) is 21.3. The monoisotopic (exact) mass is 262 g/mol. The lowest BCUT2D eigenvalue weighted by Gasteiger charge is -2.33. The third kappa shape index (κ3) is 2.44. The maximum Gasteiger partial charge on any atom is 0.254 e. The van der Waals surface area contributed by atoms with Crippen molar-refractivity contribution < 1.29 is 0 Å². The molecule has 1 saturated heterocycles. The smallest absolute Gasteiger partial charge is 0.254 e. The molecule has 1 unspecified atom stereocenters. The first-order chi connectivity index (χ1) is 9.29. The maximum atomic E-state index is 12.1. The van der Waals surface area contributed by atoms with Crippen molar-refractivity contribution in [2.75, 3.05) is 26.2 Å². The molecule has 5 nitrogen and oxygen atoms in total. The molecule has 1 fully saturated rings. The first-order valence-electron chi connectivity index (χ1n) is 7.36. The Bertz CT molecular complexity index is 505. The minimum Gasteiger partial charge on any atom is -0.314 e. The molecule has 0 radical (unpaired) electrons. The average Bonchev–Trinajstić information content (AvgIpc) is 2.90. The van der Waals surface area contributed by atoms with Gasteiger partial charge in [0.2, 0.25) is 0 Å². The molecular formula is C14H22N4O. The Morgan fingerprint density at radius 1 is 1.32 bits per heavy atom. The number of hydrogen-bond donors (Lipinski definition) is 2. The van der Waals surface area contributed by atoms with Crippen LogP contribution in [0.4, 0.5) is 0 Å². The molecule has 3 rings (SSSR count). The number of aryl methyl sites for hydroxylation is 1. The highest BCUT2D eigenvalue weighted by Gasteiger charge is 2.25. The molecule has 1 atom stereocenters. The molecule has 0 saturated carbocycles. The fourth-order valence-corrected chi connectivity index (χ4v) is 3.24. The van der Waals surface area contributed by atoms with Crippen molar-refractivity contribution in [2.45, 2.75) is 38.6 Å². The van der Waals surface area contributed by atoms with Gasteiger partial charge in [-0.1, -0.05) is 6.92 Å². The van der Waals surface area contributed by atoms with E-state index in [2.05, 4.69) is 22.1 Å². The fourth-order valence-electron chi connectivity index (χ4n) is 3.24. The van der Waals surface area contributed by atoms with Gasteiger partial charge in [-0.2, -0.15) is 0 Å². The molecule has 0 amide bonds. The zero-order chi connectivity index (χ0) is 13.2. The molecule has 19 heavy (non-hydrogen) atoms. The number of H-pyrrole nitrogens is 1. The van der Waals surface area contributed by atoms with Crippen LogP contribution in [0.3, 0.4) is 0 Å². The molecule has 5 heteroatoms. The van der Waals surface area contributed by atoms with Gasteiger partial charge in [0.1, 0.15) is 5.82 Å². The van der Waals surface area contributed by atoms with Crippen LogP contribution in [0.5, 0.6) is 0 Å². The minimum atomic E-state index is 0.0890. The van der Waals surface area contributed by atoms with Crippen molar-refractivity contribution in [3.8, 4) is 0 Å². The molecule has 104 valence electrons. The number of aromatic nitrogens is 2. The first-order valence-corrected chi connectivity index (χ1v) is 7.36. The summed E-state index contributed by atoms with van der Waals surface area (Å²) in [7, 11) is 0. The lowest BCUT2D eigenvalue weighted by Crippen LogP contribution is -2.45. The Morgan fingerprint density at radius 3 is 2.84 bits per heavy atom. The van der Waals surface area contributed by atoms with Crippen molar-refractivity contribution in [1.82, 2.24) is 20.2 Å². The number of nitrogens with one attached hydrogen (secondary N) is 2. The quantitative estimate of drug-likeness (QED) is 0.838. The van der Waals surface area contributed by atoms with Crippen molar-refractivity contribution >= 4 is 0 Å². The van der Waals surface area contributed by atoms with Crippen LogP contribution in [0.1, 0.15) is 42.9 Å². The Kier molecular flexibility index (Phi) is 3.66. The van der Waals surface area contributed by atoms with Crippen molar-refractivity contribution in [1.29, 1.82) is 0 Å². The molecule has 0 aromatic carbocycles. The number of hydrogen-bond acceptors (Lipinski definition) is 4. The van der Waals surface area contributed by atoms with Gasteiger partial charge in [-0.15, -0.1) is 0 Å². The fraction of sp³-hybridized carbons (Fsp3) is 0.714. The number of aromatic amines is 1. The first kappa shape index (κ1) is 12.8. The topological polar surface area (TPSA) is 61.0 Å². The van der Waals surface area contributed by atoms with Gasteiger partial charge in [0, 0.05) is 31.7 Å². The Labute approximate surface area is 113 Å². The number of nitrogens with zero attached hydrogens (tertiary/aromatic N) is 2. The van der Waals surface area contributed by atoms with Crippen LogP contribution in [0.25, 0.3) is 0 Å². The molecule has 0 bridgehead atoms. The van der Waals surface area contributed by atoms with Gasteiger partial charge in [0.15, 0.2) is 0 Å². The second kappa shape index (κ2) is 5.43.